The Morgan fingerprint density at radius 2 is 2.20 bits per heavy atom. The highest BCUT2D eigenvalue weighted by molar-refractivity contribution is 9.10. The number of benzene rings is 1. The largest absolute Gasteiger partial charge is 0.325 e. The van der Waals surface area contributed by atoms with Crippen LogP contribution >= 0.6 is 15.9 Å². The number of halogens is 1. The number of hydrogen-bond acceptors (Lipinski definition) is 3. The van der Waals surface area contributed by atoms with Crippen LogP contribution in [0.2, 0.25) is 0 Å². The number of hydrogen-bond donors (Lipinski definition) is 2. The van der Waals surface area contributed by atoms with E-state index in [1.54, 1.807) is 0 Å². The molecule has 0 saturated carbocycles. The van der Waals surface area contributed by atoms with Crippen LogP contribution in [-0.4, -0.2) is 21.3 Å². The van der Waals surface area contributed by atoms with Crippen molar-refractivity contribution in [3.05, 3.63) is 39.6 Å². The first-order chi connectivity index (χ1) is 9.63. The lowest BCUT2D eigenvalue weighted by molar-refractivity contribution is -0.120. The summed E-state index contributed by atoms with van der Waals surface area (Å²) in [5.41, 5.74) is 3.87. The van der Waals surface area contributed by atoms with Crippen molar-refractivity contribution in [2.45, 2.75) is 26.2 Å². The van der Waals surface area contributed by atoms with Crippen molar-refractivity contribution in [3.63, 3.8) is 0 Å². The van der Waals surface area contributed by atoms with E-state index in [1.165, 1.54) is 0 Å². The summed E-state index contributed by atoms with van der Waals surface area (Å²) in [5, 5.41) is 13.8. The zero-order valence-corrected chi connectivity index (χ0v) is 12.7. The molecule has 20 heavy (non-hydrogen) atoms. The molecule has 3 rings (SSSR count). The minimum absolute atomic E-state index is 0.0409. The number of carbonyl (C=O) groups excluding carboxylic acids is 1. The Bertz CT molecular complexity index is 652. The Hall–Kier alpha value is -1.69. The number of fused-ring (bicyclic) bond motifs is 1. The van der Waals surface area contributed by atoms with E-state index in [1.807, 2.05) is 25.1 Å². The van der Waals surface area contributed by atoms with Crippen LogP contribution in [0.15, 0.2) is 22.7 Å². The first-order valence-electron chi connectivity index (χ1n) is 6.59. The van der Waals surface area contributed by atoms with E-state index in [0.717, 1.165) is 40.0 Å². The summed E-state index contributed by atoms with van der Waals surface area (Å²) in [6.07, 6.45) is 2.27. The predicted octanol–water partition coefficient (Wildman–Crippen LogP) is 2.62. The smallest absolute Gasteiger partial charge is 0.227 e. The third kappa shape index (κ3) is 2.60. The van der Waals surface area contributed by atoms with E-state index in [4.69, 9.17) is 0 Å². The summed E-state index contributed by atoms with van der Waals surface area (Å²) in [5.74, 6) is 0.00371. The minimum atomic E-state index is -0.0409. The molecule has 2 aromatic rings. The van der Waals surface area contributed by atoms with Crippen LogP contribution in [0.25, 0.3) is 0 Å². The molecule has 1 aromatic carbocycles. The van der Waals surface area contributed by atoms with Crippen molar-refractivity contribution < 1.29 is 4.79 Å². The van der Waals surface area contributed by atoms with Gasteiger partial charge in [0.2, 0.25) is 5.91 Å². The van der Waals surface area contributed by atoms with Crippen molar-refractivity contribution in [1.29, 1.82) is 0 Å². The van der Waals surface area contributed by atoms with Crippen molar-refractivity contribution in [2.24, 2.45) is 5.92 Å². The van der Waals surface area contributed by atoms with Crippen LogP contribution in [0, 0.1) is 12.8 Å². The molecule has 6 heteroatoms. The Kier molecular flexibility index (Phi) is 3.56. The number of nitrogens with zero attached hydrogens (tertiary/aromatic N) is 2. The standard InChI is InChI=1S/C14H15BrN4O/c1-8-2-4-11(10(15)6-8)16-14(20)9-3-5-12-13(7-9)18-19-17-12/h2,4,6,9H,3,5,7H2,1H3,(H,16,20)(H,17,18,19). The van der Waals surface area contributed by atoms with Gasteiger partial charge in [-0.3, -0.25) is 4.79 Å². The minimum Gasteiger partial charge on any atom is -0.325 e. The third-order valence-electron chi connectivity index (χ3n) is 3.63. The molecule has 2 N–H and O–H groups in total. The van der Waals surface area contributed by atoms with Crippen LogP contribution in [0.1, 0.15) is 23.4 Å². The van der Waals surface area contributed by atoms with Gasteiger partial charge < -0.3 is 5.32 Å². The van der Waals surface area contributed by atoms with Crippen LogP contribution in [-0.2, 0) is 17.6 Å². The van der Waals surface area contributed by atoms with E-state index in [0.29, 0.717) is 6.42 Å². The van der Waals surface area contributed by atoms with Gasteiger partial charge in [0, 0.05) is 16.8 Å². The van der Waals surface area contributed by atoms with Crippen LogP contribution in [0.5, 0.6) is 0 Å². The zero-order valence-electron chi connectivity index (χ0n) is 11.1. The first kappa shape index (κ1) is 13.3. The molecule has 1 aliphatic rings. The number of H-pyrrole nitrogens is 1. The second kappa shape index (κ2) is 5.36. The van der Waals surface area contributed by atoms with Crippen molar-refractivity contribution in [1.82, 2.24) is 15.4 Å². The van der Waals surface area contributed by atoms with Crippen molar-refractivity contribution in [3.8, 4) is 0 Å². The highest BCUT2D eigenvalue weighted by Gasteiger charge is 2.27. The van der Waals surface area contributed by atoms with E-state index >= 15 is 0 Å². The molecule has 1 heterocycles. The second-order valence-corrected chi connectivity index (χ2v) is 5.98. The summed E-state index contributed by atoms with van der Waals surface area (Å²) in [7, 11) is 0. The van der Waals surface area contributed by atoms with Crippen LogP contribution < -0.4 is 5.32 Å². The lowest BCUT2D eigenvalue weighted by Gasteiger charge is -2.20. The fraction of sp³-hybridized carbons (Fsp3) is 0.357. The number of aromatic amines is 1. The molecule has 0 radical (unpaired) electrons. The van der Waals surface area contributed by atoms with Crippen molar-refractivity contribution in [2.75, 3.05) is 5.32 Å². The topological polar surface area (TPSA) is 70.7 Å². The first-order valence-corrected chi connectivity index (χ1v) is 7.38. The van der Waals surface area contributed by atoms with Gasteiger partial charge in [0.05, 0.1) is 17.1 Å². The molecule has 5 nitrogen and oxygen atoms in total. The average molecular weight is 335 g/mol. The van der Waals surface area contributed by atoms with Gasteiger partial charge in [-0.05, 0) is 53.4 Å². The second-order valence-electron chi connectivity index (χ2n) is 5.13. The fourth-order valence-electron chi connectivity index (χ4n) is 2.46. The Morgan fingerprint density at radius 3 is 3.00 bits per heavy atom. The molecular weight excluding hydrogens is 320 g/mol. The molecular formula is C14H15BrN4O. The molecule has 0 aliphatic heterocycles. The van der Waals surface area contributed by atoms with Gasteiger partial charge in [-0.2, -0.15) is 15.4 Å². The normalized spacial score (nSPS) is 17.6. The highest BCUT2D eigenvalue weighted by atomic mass is 79.9. The molecule has 1 aliphatic carbocycles. The number of aryl methyl sites for hydroxylation is 2. The number of nitrogens with one attached hydrogen (secondary N) is 2. The SMILES string of the molecule is Cc1ccc(NC(=O)C2CCc3n[nH]nc3C2)c(Br)c1. The lowest BCUT2D eigenvalue weighted by Crippen LogP contribution is -2.28. The molecule has 104 valence electrons. The van der Waals surface area contributed by atoms with Crippen molar-refractivity contribution >= 4 is 27.5 Å². The highest BCUT2D eigenvalue weighted by Crippen LogP contribution is 2.27. The Labute approximate surface area is 125 Å². The third-order valence-corrected chi connectivity index (χ3v) is 4.28. The van der Waals surface area contributed by atoms with Gasteiger partial charge in [-0.1, -0.05) is 6.07 Å². The maximum absolute atomic E-state index is 12.3. The molecule has 1 amide bonds. The maximum atomic E-state index is 12.3. The summed E-state index contributed by atoms with van der Waals surface area (Å²) >= 11 is 3.48. The predicted molar refractivity (Wildman–Crippen MR) is 79.4 cm³/mol. The summed E-state index contributed by atoms with van der Waals surface area (Å²) in [4.78, 5) is 12.3. The number of anilines is 1. The van der Waals surface area contributed by atoms with Crippen LogP contribution in [0.3, 0.4) is 0 Å². The number of amides is 1. The molecule has 0 bridgehead atoms. The summed E-state index contributed by atoms with van der Waals surface area (Å²) in [6.45, 7) is 2.02. The summed E-state index contributed by atoms with van der Waals surface area (Å²) in [6, 6.07) is 5.89. The Balaban J connectivity index is 1.71. The Morgan fingerprint density at radius 1 is 1.40 bits per heavy atom. The van der Waals surface area contributed by atoms with Gasteiger partial charge >= 0.3 is 0 Å². The lowest BCUT2D eigenvalue weighted by atomic mass is 9.89. The molecule has 1 unspecified atom stereocenters. The quantitative estimate of drug-likeness (QED) is 0.886. The zero-order chi connectivity index (χ0) is 14.1. The molecule has 1 atom stereocenters. The molecule has 0 spiro atoms. The molecule has 0 saturated heterocycles. The van der Waals surface area contributed by atoms with Crippen LogP contribution in [0.4, 0.5) is 5.69 Å². The van der Waals surface area contributed by atoms with Gasteiger partial charge in [-0.15, -0.1) is 0 Å². The van der Waals surface area contributed by atoms with E-state index in [9.17, 15) is 4.79 Å². The van der Waals surface area contributed by atoms with Gasteiger partial charge in [0.15, 0.2) is 0 Å². The number of aromatic nitrogens is 3. The van der Waals surface area contributed by atoms with E-state index < -0.39 is 0 Å². The van der Waals surface area contributed by atoms with Gasteiger partial charge in [0.1, 0.15) is 0 Å². The fourth-order valence-corrected chi connectivity index (χ4v) is 3.06. The average Bonchev–Trinajstić information content (AvgIpc) is 2.89. The number of carbonyl (C=O) groups is 1. The maximum Gasteiger partial charge on any atom is 0.227 e. The molecule has 1 aromatic heterocycles. The van der Waals surface area contributed by atoms with Gasteiger partial charge in [-0.25, -0.2) is 0 Å². The number of rotatable bonds is 2. The molecule has 0 fully saturated rings. The summed E-state index contributed by atoms with van der Waals surface area (Å²) < 4.78 is 0.906. The van der Waals surface area contributed by atoms with Gasteiger partial charge in [0.25, 0.3) is 0 Å². The monoisotopic (exact) mass is 334 g/mol. The van der Waals surface area contributed by atoms with E-state index in [-0.39, 0.29) is 11.8 Å². The van der Waals surface area contributed by atoms with E-state index in [2.05, 4.69) is 36.7 Å².